The van der Waals surface area contributed by atoms with Crippen LogP contribution in [0.2, 0.25) is 0 Å². The van der Waals surface area contributed by atoms with Gasteiger partial charge in [0.1, 0.15) is 5.69 Å². The number of carbonyl (C=O) groups is 1. The Morgan fingerprint density at radius 3 is 2.48 bits per heavy atom. The van der Waals surface area contributed by atoms with Gasteiger partial charge in [-0.3, -0.25) is 14.9 Å². The molecular weight excluding hydrogens is 270 g/mol. The zero-order valence-electron chi connectivity index (χ0n) is 12.8. The molecule has 1 amide bonds. The van der Waals surface area contributed by atoms with Gasteiger partial charge >= 0.3 is 0 Å². The van der Waals surface area contributed by atoms with Gasteiger partial charge in [-0.1, -0.05) is 32.8 Å². The zero-order chi connectivity index (χ0) is 15.8. The van der Waals surface area contributed by atoms with Gasteiger partial charge in [-0.25, -0.2) is 0 Å². The lowest BCUT2D eigenvalue weighted by Gasteiger charge is -2.15. The molecule has 0 saturated heterocycles. The van der Waals surface area contributed by atoms with Crippen LogP contribution in [-0.4, -0.2) is 23.9 Å². The first-order chi connectivity index (χ1) is 10.0. The summed E-state index contributed by atoms with van der Waals surface area (Å²) in [6.45, 7) is 7.09. The molecule has 6 heteroatoms. The van der Waals surface area contributed by atoms with Crippen LogP contribution < -0.4 is 10.6 Å². The summed E-state index contributed by atoms with van der Waals surface area (Å²) in [7, 11) is 0. The molecule has 0 atom stereocenters. The summed E-state index contributed by atoms with van der Waals surface area (Å²) in [4.78, 5) is 22.9. The van der Waals surface area contributed by atoms with E-state index in [-0.39, 0.29) is 17.3 Å². The van der Waals surface area contributed by atoms with Crippen molar-refractivity contribution in [3.05, 3.63) is 33.9 Å². The minimum Gasteiger partial charge on any atom is -0.379 e. The molecule has 0 heterocycles. The molecule has 0 aliphatic carbocycles. The van der Waals surface area contributed by atoms with Gasteiger partial charge in [0.05, 0.1) is 10.5 Å². The second-order valence-electron chi connectivity index (χ2n) is 4.88. The van der Waals surface area contributed by atoms with E-state index in [1.165, 1.54) is 12.1 Å². The molecule has 1 aromatic carbocycles. The van der Waals surface area contributed by atoms with Crippen LogP contribution in [-0.2, 0) is 0 Å². The molecule has 0 radical (unpaired) electrons. The van der Waals surface area contributed by atoms with Crippen LogP contribution in [0.5, 0.6) is 0 Å². The molecule has 116 valence electrons. The minimum atomic E-state index is -0.477. The number of nitrogens with zero attached hydrogens (tertiary/aromatic N) is 1. The maximum atomic E-state index is 12.3. The summed E-state index contributed by atoms with van der Waals surface area (Å²) in [5.74, 6) is 0.150. The van der Waals surface area contributed by atoms with E-state index in [4.69, 9.17) is 0 Å². The lowest BCUT2D eigenvalue weighted by atomic mass is 10.0. The Balaban J connectivity index is 2.97. The molecule has 1 rings (SSSR count). The number of hydrogen-bond donors (Lipinski definition) is 2. The smallest absolute Gasteiger partial charge is 0.293 e. The summed E-state index contributed by atoms with van der Waals surface area (Å²) in [6, 6.07) is 4.54. The highest BCUT2D eigenvalue weighted by atomic mass is 16.6. The van der Waals surface area contributed by atoms with Crippen molar-refractivity contribution in [3.63, 3.8) is 0 Å². The van der Waals surface area contributed by atoms with Gasteiger partial charge in [0, 0.05) is 19.2 Å². The van der Waals surface area contributed by atoms with Crippen molar-refractivity contribution in [1.82, 2.24) is 5.32 Å². The molecule has 0 spiro atoms. The van der Waals surface area contributed by atoms with Crippen LogP contribution >= 0.6 is 0 Å². The van der Waals surface area contributed by atoms with E-state index in [1.54, 1.807) is 6.07 Å². The normalized spacial score (nSPS) is 10.5. The van der Waals surface area contributed by atoms with Gasteiger partial charge in [0.25, 0.3) is 11.6 Å². The standard InChI is InChI=1S/C15H23N3O3/c1-4-11(5-2)10-17-15(19)12-8-7-9-13(18(20)21)14(12)16-6-3/h7-9,11,16H,4-6,10H2,1-3H3,(H,17,19). The maximum absolute atomic E-state index is 12.3. The lowest BCUT2D eigenvalue weighted by molar-refractivity contribution is -0.384. The van der Waals surface area contributed by atoms with Crippen LogP contribution in [0, 0.1) is 16.0 Å². The molecule has 2 N–H and O–H groups in total. The highest BCUT2D eigenvalue weighted by molar-refractivity contribution is 6.01. The van der Waals surface area contributed by atoms with Crippen molar-refractivity contribution in [2.45, 2.75) is 33.6 Å². The molecule has 0 unspecified atom stereocenters. The average Bonchev–Trinajstić information content (AvgIpc) is 2.48. The van der Waals surface area contributed by atoms with Crippen molar-refractivity contribution in [2.75, 3.05) is 18.4 Å². The van der Waals surface area contributed by atoms with E-state index in [0.717, 1.165) is 12.8 Å². The Kier molecular flexibility index (Phi) is 6.65. The molecule has 0 saturated carbocycles. The highest BCUT2D eigenvalue weighted by Crippen LogP contribution is 2.28. The third kappa shape index (κ3) is 4.44. The van der Waals surface area contributed by atoms with E-state index in [1.807, 2.05) is 6.92 Å². The van der Waals surface area contributed by atoms with Crippen molar-refractivity contribution in [2.24, 2.45) is 5.92 Å². The van der Waals surface area contributed by atoms with Gasteiger partial charge in [-0.15, -0.1) is 0 Å². The van der Waals surface area contributed by atoms with E-state index < -0.39 is 4.92 Å². The fourth-order valence-corrected chi connectivity index (χ4v) is 2.15. The number of nitro benzene ring substituents is 1. The van der Waals surface area contributed by atoms with E-state index in [9.17, 15) is 14.9 Å². The van der Waals surface area contributed by atoms with Crippen LogP contribution in [0.15, 0.2) is 18.2 Å². The Morgan fingerprint density at radius 1 is 1.29 bits per heavy atom. The topological polar surface area (TPSA) is 84.3 Å². The van der Waals surface area contributed by atoms with Gasteiger partial charge in [-0.2, -0.15) is 0 Å². The minimum absolute atomic E-state index is 0.0768. The van der Waals surface area contributed by atoms with E-state index >= 15 is 0 Å². The third-order valence-electron chi connectivity index (χ3n) is 3.54. The molecule has 6 nitrogen and oxygen atoms in total. The van der Waals surface area contributed by atoms with E-state index in [0.29, 0.717) is 24.6 Å². The second kappa shape index (κ2) is 8.24. The predicted molar refractivity (Wildman–Crippen MR) is 83.7 cm³/mol. The van der Waals surface area contributed by atoms with Gasteiger partial charge in [-0.05, 0) is 18.9 Å². The van der Waals surface area contributed by atoms with Gasteiger partial charge in [0.2, 0.25) is 0 Å². The second-order valence-corrected chi connectivity index (χ2v) is 4.88. The van der Waals surface area contributed by atoms with Crippen LogP contribution in [0.1, 0.15) is 44.0 Å². The highest BCUT2D eigenvalue weighted by Gasteiger charge is 2.21. The fraction of sp³-hybridized carbons (Fsp3) is 0.533. The number of hydrogen-bond acceptors (Lipinski definition) is 4. The number of carbonyl (C=O) groups excluding carboxylic acids is 1. The van der Waals surface area contributed by atoms with Crippen molar-refractivity contribution >= 4 is 17.3 Å². The number of nitro groups is 1. The Morgan fingerprint density at radius 2 is 1.95 bits per heavy atom. The Hall–Kier alpha value is -2.11. The SMILES string of the molecule is CCNc1c(C(=O)NCC(CC)CC)cccc1[N+](=O)[O-]. The molecule has 0 fully saturated rings. The lowest BCUT2D eigenvalue weighted by Crippen LogP contribution is -2.29. The number of rotatable bonds is 8. The third-order valence-corrected chi connectivity index (χ3v) is 3.54. The van der Waals surface area contributed by atoms with Crippen molar-refractivity contribution in [3.8, 4) is 0 Å². The predicted octanol–water partition coefficient (Wildman–Crippen LogP) is 3.19. The van der Waals surface area contributed by atoms with Crippen molar-refractivity contribution in [1.29, 1.82) is 0 Å². The Bertz CT molecular complexity index is 499. The summed E-state index contributed by atoms with van der Waals surface area (Å²) < 4.78 is 0. The number of nitrogens with one attached hydrogen (secondary N) is 2. The average molecular weight is 293 g/mol. The maximum Gasteiger partial charge on any atom is 0.293 e. The number of benzene rings is 1. The molecule has 0 bridgehead atoms. The van der Waals surface area contributed by atoms with Crippen LogP contribution in [0.25, 0.3) is 0 Å². The summed E-state index contributed by atoms with van der Waals surface area (Å²) in [5, 5.41) is 16.8. The first-order valence-corrected chi connectivity index (χ1v) is 7.34. The molecule has 0 aliphatic rings. The number of anilines is 1. The molecule has 21 heavy (non-hydrogen) atoms. The number of amides is 1. The largest absolute Gasteiger partial charge is 0.379 e. The monoisotopic (exact) mass is 293 g/mol. The first-order valence-electron chi connectivity index (χ1n) is 7.34. The van der Waals surface area contributed by atoms with Gasteiger partial charge in [0.15, 0.2) is 0 Å². The molecule has 0 aliphatic heterocycles. The fourth-order valence-electron chi connectivity index (χ4n) is 2.15. The zero-order valence-corrected chi connectivity index (χ0v) is 12.8. The van der Waals surface area contributed by atoms with Crippen LogP contribution in [0.4, 0.5) is 11.4 Å². The molecular formula is C15H23N3O3. The quantitative estimate of drug-likeness (QED) is 0.569. The number of para-hydroxylation sites is 1. The molecule has 0 aromatic heterocycles. The Labute approximate surface area is 125 Å². The van der Waals surface area contributed by atoms with Gasteiger partial charge < -0.3 is 10.6 Å². The van der Waals surface area contributed by atoms with Crippen LogP contribution in [0.3, 0.4) is 0 Å². The first kappa shape index (κ1) is 16.9. The summed E-state index contributed by atoms with van der Waals surface area (Å²) in [6.07, 6.45) is 1.98. The van der Waals surface area contributed by atoms with Crippen molar-refractivity contribution < 1.29 is 9.72 Å². The van der Waals surface area contributed by atoms with E-state index in [2.05, 4.69) is 24.5 Å². The molecule has 1 aromatic rings. The summed E-state index contributed by atoms with van der Waals surface area (Å²) >= 11 is 0. The summed E-state index contributed by atoms with van der Waals surface area (Å²) in [5.41, 5.74) is 0.524.